The molecule has 2 heterocycles. The number of aromatic nitrogens is 1. The van der Waals surface area contributed by atoms with Crippen molar-refractivity contribution in [1.82, 2.24) is 4.57 Å². The lowest BCUT2D eigenvalue weighted by Crippen LogP contribution is -2.13. The summed E-state index contributed by atoms with van der Waals surface area (Å²) in [6.45, 7) is 2.04. The van der Waals surface area contributed by atoms with Gasteiger partial charge in [-0.1, -0.05) is 40.6 Å². The van der Waals surface area contributed by atoms with Gasteiger partial charge in [-0.3, -0.25) is 4.79 Å². The molecule has 1 amide bonds. The monoisotopic (exact) mass is 356 g/mol. The first-order chi connectivity index (χ1) is 9.95. The third-order valence-electron chi connectivity index (χ3n) is 3.05. The number of amides is 1. The summed E-state index contributed by atoms with van der Waals surface area (Å²) in [6.07, 6.45) is 0. The van der Waals surface area contributed by atoms with Crippen molar-refractivity contribution >= 4 is 62.0 Å². The second-order valence-electron chi connectivity index (χ2n) is 4.57. The molecule has 0 aliphatic rings. The van der Waals surface area contributed by atoms with Gasteiger partial charge >= 0.3 is 0 Å². The first-order valence-corrected chi connectivity index (χ1v) is 8.44. The third-order valence-corrected chi connectivity index (χ3v) is 5.63. The Morgan fingerprint density at radius 1 is 1.24 bits per heavy atom. The average molecular weight is 357 g/mol. The molecule has 7 heteroatoms. The summed E-state index contributed by atoms with van der Waals surface area (Å²) < 4.78 is 3.85. The summed E-state index contributed by atoms with van der Waals surface area (Å²) in [5.74, 6) is -0.373. The van der Waals surface area contributed by atoms with Crippen LogP contribution >= 0.6 is 45.9 Å². The Hall–Kier alpha value is -1.14. The van der Waals surface area contributed by atoms with Crippen LogP contribution in [0.3, 0.4) is 0 Å². The zero-order valence-corrected chi connectivity index (χ0v) is 14.3. The summed E-state index contributed by atoms with van der Waals surface area (Å²) >= 11 is 14.5. The summed E-state index contributed by atoms with van der Waals surface area (Å²) in [4.78, 5) is 17.0. The van der Waals surface area contributed by atoms with Crippen LogP contribution in [0.4, 0.5) is 0 Å². The Bertz CT molecular complexity index is 921. The number of rotatable bonds is 1. The number of halogens is 2. The molecule has 0 spiro atoms. The van der Waals surface area contributed by atoms with Crippen molar-refractivity contribution in [3.05, 3.63) is 48.9 Å². The molecule has 0 aliphatic carbocycles. The first-order valence-electron chi connectivity index (χ1n) is 6.06. The zero-order chi connectivity index (χ0) is 15.1. The maximum Gasteiger partial charge on any atom is 0.282 e. The Balaban J connectivity index is 2.13. The van der Waals surface area contributed by atoms with Crippen LogP contribution in [0, 0.1) is 6.92 Å². The molecule has 0 unspecified atom stereocenters. The van der Waals surface area contributed by atoms with Gasteiger partial charge in [0.15, 0.2) is 4.80 Å². The topological polar surface area (TPSA) is 34.4 Å². The van der Waals surface area contributed by atoms with E-state index in [-0.39, 0.29) is 5.91 Å². The normalized spacial score (nSPS) is 12.3. The highest BCUT2D eigenvalue weighted by atomic mass is 35.5. The highest BCUT2D eigenvalue weighted by molar-refractivity contribution is 7.20. The molecule has 0 bridgehead atoms. The predicted molar refractivity (Wildman–Crippen MR) is 89.8 cm³/mol. The second-order valence-corrected chi connectivity index (χ2v) is 7.86. The number of nitrogens with zero attached hydrogens (tertiary/aromatic N) is 2. The first kappa shape index (κ1) is 14.8. The molecule has 3 aromatic rings. The number of fused-ring (bicyclic) bond motifs is 1. The Labute approximate surface area is 139 Å². The molecule has 0 N–H and O–H groups in total. The van der Waals surface area contributed by atoms with Crippen LogP contribution < -0.4 is 4.80 Å². The largest absolute Gasteiger partial charge is 0.319 e. The molecule has 3 rings (SSSR count). The minimum absolute atomic E-state index is 0.348. The maximum absolute atomic E-state index is 12.2. The fourth-order valence-corrected chi connectivity index (χ4v) is 4.54. The van der Waals surface area contributed by atoms with Gasteiger partial charge in [0, 0.05) is 7.05 Å². The number of thiophene rings is 1. The predicted octanol–water partition coefficient (Wildman–Crippen LogP) is 4.66. The Morgan fingerprint density at radius 2 is 2.00 bits per heavy atom. The van der Waals surface area contributed by atoms with Gasteiger partial charge in [0.25, 0.3) is 5.91 Å². The van der Waals surface area contributed by atoms with Crippen molar-refractivity contribution in [2.24, 2.45) is 12.0 Å². The smallest absolute Gasteiger partial charge is 0.282 e. The number of thiazole rings is 1. The quantitative estimate of drug-likeness (QED) is 0.624. The molecule has 0 saturated heterocycles. The summed E-state index contributed by atoms with van der Waals surface area (Å²) in [5.41, 5.74) is 2.57. The van der Waals surface area contributed by atoms with E-state index in [2.05, 4.69) is 11.1 Å². The van der Waals surface area contributed by atoms with Gasteiger partial charge in [-0.25, -0.2) is 0 Å². The fraction of sp³-hybridized carbons (Fsp3) is 0.143. The van der Waals surface area contributed by atoms with Gasteiger partial charge in [0.1, 0.15) is 4.34 Å². The van der Waals surface area contributed by atoms with Crippen LogP contribution in [-0.4, -0.2) is 10.5 Å². The van der Waals surface area contributed by atoms with Crippen LogP contribution in [0.15, 0.2) is 29.3 Å². The minimum Gasteiger partial charge on any atom is -0.319 e. The standard InChI is InChI=1S/C14H10Cl2N2OS2/c1-7-3-4-9-10(5-7)20-14(18(9)2)17-13(19)8-6-11(15)21-12(8)16/h3-6H,1-2H3. The Morgan fingerprint density at radius 3 is 2.67 bits per heavy atom. The molecule has 0 radical (unpaired) electrons. The van der Waals surface area contributed by atoms with E-state index in [1.54, 1.807) is 6.07 Å². The number of carbonyl (C=O) groups is 1. The van der Waals surface area contributed by atoms with E-state index < -0.39 is 0 Å². The van der Waals surface area contributed by atoms with E-state index in [9.17, 15) is 4.79 Å². The molecule has 0 fully saturated rings. The van der Waals surface area contributed by atoms with Gasteiger partial charge in [-0.15, -0.1) is 11.3 Å². The summed E-state index contributed by atoms with van der Waals surface area (Å²) in [6, 6.07) is 7.70. The Kier molecular flexibility index (Phi) is 3.92. The molecule has 0 atom stereocenters. The van der Waals surface area contributed by atoms with Crippen molar-refractivity contribution in [2.75, 3.05) is 0 Å². The second kappa shape index (κ2) is 5.57. The van der Waals surface area contributed by atoms with Crippen molar-refractivity contribution in [3.8, 4) is 0 Å². The molecule has 2 aromatic heterocycles. The van der Waals surface area contributed by atoms with Crippen molar-refractivity contribution in [1.29, 1.82) is 0 Å². The van der Waals surface area contributed by atoms with E-state index in [0.29, 0.717) is 19.0 Å². The zero-order valence-electron chi connectivity index (χ0n) is 11.2. The van der Waals surface area contributed by atoms with E-state index in [4.69, 9.17) is 23.2 Å². The van der Waals surface area contributed by atoms with Gasteiger partial charge < -0.3 is 4.57 Å². The van der Waals surface area contributed by atoms with Crippen LogP contribution in [0.25, 0.3) is 10.2 Å². The molecule has 21 heavy (non-hydrogen) atoms. The lowest BCUT2D eigenvalue weighted by atomic mass is 10.2. The molecular formula is C14H10Cl2N2OS2. The van der Waals surface area contributed by atoms with Gasteiger partial charge in [0.05, 0.1) is 20.1 Å². The van der Waals surface area contributed by atoms with E-state index in [1.165, 1.54) is 28.2 Å². The number of hydrogen-bond donors (Lipinski definition) is 0. The van der Waals surface area contributed by atoms with Gasteiger partial charge in [-0.05, 0) is 30.7 Å². The van der Waals surface area contributed by atoms with Gasteiger partial charge in [0.2, 0.25) is 0 Å². The number of aryl methyl sites for hydroxylation is 2. The van der Waals surface area contributed by atoms with Crippen LogP contribution in [0.5, 0.6) is 0 Å². The lowest BCUT2D eigenvalue weighted by Gasteiger charge is -1.96. The van der Waals surface area contributed by atoms with Gasteiger partial charge in [-0.2, -0.15) is 4.99 Å². The van der Waals surface area contributed by atoms with Crippen molar-refractivity contribution in [3.63, 3.8) is 0 Å². The minimum atomic E-state index is -0.373. The van der Waals surface area contributed by atoms with E-state index in [1.807, 2.05) is 30.7 Å². The molecule has 0 saturated carbocycles. The van der Waals surface area contributed by atoms with Crippen LogP contribution in [-0.2, 0) is 7.05 Å². The lowest BCUT2D eigenvalue weighted by molar-refractivity contribution is 0.0998. The molecule has 108 valence electrons. The highest BCUT2D eigenvalue weighted by Crippen LogP contribution is 2.31. The number of hydrogen-bond acceptors (Lipinski definition) is 3. The highest BCUT2D eigenvalue weighted by Gasteiger charge is 2.14. The molecule has 1 aromatic carbocycles. The maximum atomic E-state index is 12.2. The van der Waals surface area contributed by atoms with Crippen LogP contribution in [0.1, 0.15) is 15.9 Å². The molecule has 3 nitrogen and oxygen atoms in total. The summed E-state index contributed by atoms with van der Waals surface area (Å²) in [7, 11) is 1.89. The average Bonchev–Trinajstić information content (AvgIpc) is 2.90. The number of carbonyl (C=O) groups excluding carboxylic acids is 1. The molecule has 0 aliphatic heterocycles. The third kappa shape index (κ3) is 2.79. The molecular weight excluding hydrogens is 347 g/mol. The van der Waals surface area contributed by atoms with Crippen molar-refractivity contribution < 1.29 is 4.79 Å². The van der Waals surface area contributed by atoms with Crippen LogP contribution in [0.2, 0.25) is 8.67 Å². The van der Waals surface area contributed by atoms with E-state index >= 15 is 0 Å². The summed E-state index contributed by atoms with van der Waals surface area (Å²) in [5, 5.41) is 0. The van der Waals surface area contributed by atoms with E-state index in [0.717, 1.165) is 10.2 Å². The fourth-order valence-electron chi connectivity index (χ4n) is 1.98. The van der Waals surface area contributed by atoms with Crippen molar-refractivity contribution in [2.45, 2.75) is 6.92 Å². The SMILES string of the molecule is Cc1ccc2c(c1)sc(=NC(=O)c1cc(Cl)sc1Cl)n2C. The number of benzene rings is 1.